The minimum absolute atomic E-state index is 0.0129. The molecule has 1 aromatic heterocycles. The summed E-state index contributed by atoms with van der Waals surface area (Å²) in [5.74, 6) is -1.08. The first-order valence-electron chi connectivity index (χ1n) is 4.08. The van der Waals surface area contributed by atoms with Crippen LogP contribution in [0.3, 0.4) is 0 Å². The Labute approximate surface area is 81.5 Å². The van der Waals surface area contributed by atoms with E-state index in [2.05, 4.69) is 4.98 Å². The van der Waals surface area contributed by atoms with Crippen LogP contribution in [0.1, 0.15) is 28.9 Å². The lowest BCUT2D eigenvalue weighted by molar-refractivity contribution is 0.0684. The molecule has 0 bridgehead atoms. The van der Waals surface area contributed by atoms with Crippen LogP contribution in [0.2, 0.25) is 0 Å². The largest absolute Gasteiger partial charge is 0.478 e. The Morgan fingerprint density at radius 1 is 1.71 bits per heavy atom. The summed E-state index contributed by atoms with van der Waals surface area (Å²) in [4.78, 5) is 14.6. The average molecular weight is 196 g/mol. The average Bonchev–Trinajstić information content (AvgIpc) is 2.15. The normalized spacial score (nSPS) is 12.4. The Balaban J connectivity index is 3.28. The second-order valence-electron chi connectivity index (χ2n) is 2.84. The first-order valence-corrected chi connectivity index (χ1v) is 4.08. The van der Waals surface area contributed by atoms with Crippen LogP contribution in [0.15, 0.2) is 12.3 Å². The number of ether oxygens (including phenoxy) is 1. The lowest BCUT2D eigenvalue weighted by atomic mass is 10.1. The number of hydrogen-bond acceptors (Lipinski definition) is 4. The minimum atomic E-state index is -1.09. The van der Waals surface area contributed by atoms with Crippen LogP contribution >= 0.6 is 0 Å². The molecule has 0 saturated carbocycles. The number of carboxylic acid groups (broad SMARTS) is 1. The molecule has 0 aliphatic carbocycles. The standard InChI is InChI=1S/C9H12N2O3/c1-5(14-2)6-3-4-11-8(10)7(6)9(12)13/h3-5H,1-2H3,(H2,10,11)(H,12,13). The van der Waals surface area contributed by atoms with Crippen molar-refractivity contribution in [2.24, 2.45) is 0 Å². The van der Waals surface area contributed by atoms with Crippen molar-refractivity contribution in [2.45, 2.75) is 13.0 Å². The molecule has 1 unspecified atom stereocenters. The van der Waals surface area contributed by atoms with E-state index in [9.17, 15) is 4.79 Å². The SMILES string of the molecule is COC(C)c1ccnc(N)c1C(=O)O. The molecule has 1 aromatic rings. The van der Waals surface area contributed by atoms with Crippen molar-refractivity contribution in [3.05, 3.63) is 23.4 Å². The van der Waals surface area contributed by atoms with E-state index in [0.717, 1.165) is 0 Å². The molecular formula is C9H12N2O3. The molecule has 0 aliphatic heterocycles. The molecule has 0 aromatic carbocycles. The van der Waals surface area contributed by atoms with Crippen molar-refractivity contribution in [1.29, 1.82) is 0 Å². The Bertz CT molecular complexity index is 352. The molecular weight excluding hydrogens is 184 g/mol. The lowest BCUT2D eigenvalue weighted by Gasteiger charge is -2.13. The van der Waals surface area contributed by atoms with Crippen LogP contribution in [0.25, 0.3) is 0 Å². The fourth-order valence-corrected chi connectivity index (χ4v) is 1.19. The summed E-state index contributed by atoms with van der Waals surface area (Å²) < 4.78 is 5.04. The molecule has 0 fully saturated rings. The maximum absolute atomic E-state index is 10.9. The summed E-state index contributed by atoms with van der Waals surface area (Å²) in [5, 5.41) is 8.92. The van der Waals surface area contributed by atoms with Gasteiger partial charge in [0.2, 0.25) is 0 Å². The fourth-order valence-electron chi connectivity index (χ4n) is 1.19. The summed E-state index contributed by atoms with van der Waals surface area (Å²) >= 11 is 0. The second kappa shape index (κ2) is 4.06. The number of anilines is 1. The van der Waals surface area contributed by atoms with Gasteiger partial charge in [0.1, 0.15) is 11.4 Å². The van der Waals surface area contributed by atoms with Crippen molar-refractivity contribution >= 4 is 11.8 Å². The molecule has 14 heavy (non-hydrogen) atoms. The number of rotatable bonds is 3. The summed E-state index contributed by atoms with van der Waals surface area (Å²) in [6.45, 7) is 1.75. The molecule has 0 spiro atoms. The highest BCUT2D eigenvalue weighted by Gasteiger charge is 2.18. The molecule has 1 heterocycles. The number of aromatic carboxylic acids is 1. The first-order chi connectivity index (χ1) is 6.57. The summed E-state index contributed by atoms with van der Waals surface area (Å²) in [7, 11) is 1.51. The Kier molecular flexibility index (Phi) is 3.03. The topological polar surface area (TPSA) is 85.4 Å². The third-order valence-corrected chi connectivity index (χ3v) is 2.02. The third-order valence-electron chi connectivity index (χ3n) is 2.02. The predicted molar refractivity (Wildman–Crippen MR) is 51.0 cm³/mol. The van der Waals surface area contributed by atoms with Crippen molar-refractivity contribution in [2.75, 3.05) is 12.8 Å². The smallest absolute Gasteiger partial charge is 0.339 e. The molecule has 5 heteroatoms. The molecule has 0 saturated heterocycles. The second-order valence-corrected chi connectivity index (χ2v) is 2.84. The summed E-state index contributed by atoms with van der Waals surface area (Å²) in [5.41, 5.74) is 6.02. The number of aromatic nitrogens is 1. The Morgan fingerprint density at radius 2 is 2.36 bits per heavy atom. The van der Waals surface area contributed by atoms with Gasteiger partial charge in [0.05, 0.1) is 6.10 Å². The van der Waals surface area contributed by atoms with Gasteiger partial charge in [-0.25, -0.2) is 9.78 Å². The molecule has 76 valence electrons. The van der Waals surface area contributed by atoms with Gasteiger partial charge >= 0.3 is 5.97 Å². The maximum atomic E-state index is 10.9. The van der Waals surface area contributed by atoms with E-state index in [4.69, 9.17) is 15.6 Å². The molecule has 1 rings (SSSR count). The van der Waals surface area contributed by atoms with Gasteiger partial charge in [-0.2, -0.15) is 0 Å². The highest BCUT2D eigenvalue weighted by atomic mass is 16.5. The van der Waals surface area contributed by atoms with E-state index >= 15 is 0 Å². The predicted octanol–water partition coefficient (Wildman–Crippen LogP) is 1.07. The van der Waals surface area contributed by atoms with Gasteiger partial charge in [-0.15, -0.1) is 0 Å². The van der Waals surface area contributed by atoms with Crippen LogP contribution in [0, 0.1) is 0 Å². The number of hydrogen-bond donors (Lipinski definition) is 2. The van der Waals surface area contributed by atoms with Crippen molar-refractivity contribution < 1.29 is 14.6 Å². The van der Waals surface area contributed by atoms with Crippen LogP contribution in [0.5, 0.6) is 0 Å². The number of nitrogen functional groups attached to an aromatic ring is 1. The number of carboxylic acids is 1. The quantitative estimate of drug-likeness (QED) is 0.755. The van der Waals surface area contributed by atoms with E-state index in [-0.39, 0.29) is 17.5 Å². The number of methoxy groups -OCH3 is 1. The van der Waals surface area contributed by atoms with E-state index in [1.54, 1.807) is 13.0 Å². The van der Waals surface area contributed by atoms with Gasteiger partial charge in [-0.3, -0.25) is 0 Å². The van der Waals surface area contributed by atoms with Gasteiger partial charge < -0.3 is 15.6 Å². The van der Waals surface area contributed by atoms with Gasteiger partial charge in [0.25, 0.3) is 0 Å². The minimum Gasteiger partial charge on any atom is -0.478 e. The van der Waals surface area contributed by atoms with Crippen LogP contribution in [-0.4, -0.2) is 23.2 Å². The number of pyridine rings is 1. The zero-order valence-corrected chi connectivity index (χ0v) is 8.02. The van der Waals surface area contributed by atoms with Crippen LogP contribution < -0.4 is 5.73 Å². The highest BCUT2D eigenvalue weighted by molar-refractivity contribution is 5.94. The van der Waals surface area contributed by atoms with Gasteiger partial charge in [-0.05, 0) is 13.0 Å². The van der Waals surface area contributed by atoms with Gasteiger partial charge in [0.15, 0.2) is 0 Å². The summed E-state index contributed by atoms with van der Waals surface area (Å²) in [6.07, 6.45) is 1.15. The van der Waals surface area contributed by atoms with Gasteiger partial charge in [-0.1, -0.05) is 0 Å². The maximum Gasteiger partial charge on any atom is 0.339 e. The fraction of sp³-hybridized carbons (Fsp3) is 0.333. The zero-order chi connectivity index (χ0) is 10.7. The molecule has 0 aliphatic rings. The van der Waals surface area contributed by atoms with Crippen molar-refractivity contribution in [3.63, 3.8) is 0 Å². The number of nitrogens with two attached hydrogens (primary N) is 1. The van der Waals surface area contributed by atoms with Crippen LogP contribution in [0.4, 0.5) is 5.82 Å². The lowest BCUT2D eigenvalue weighted by Crippen LogP contribution is -2.11. The number of nitrogens with zero attached hydrogens (tertiary/aromatic N) is 1. The first kappa shape index (κ1) is 10.5. The van der Waals surface area contributed by atoms with E-state index < -0.39 is 5.97 Å². The Hall–Kier alpha value is -1.62. The van der Waals surface area contributed by atoms with E-state index in [1.165, 1.54) is 13.3 Å². The molecule has 1 atom stereocenters. The molecule has 0 radical (unpaired) electrons. The van der Waals surface area contributed by atoms with Gasteiger partial charge in [0, 0.05) is 18.9 Å². The molecule has 5 nitrogen and oxygen atoms in total. The van der Waals surface area contributed by atoms with Crippen molar-refractivity contribution in [3.8, 4) is 0 Å². The molecule has 3 N–H and O–H groups in total. The summed E-state index contributed by atoms with van der Waals surface area (Å²) in [6, 6.07) is 1.59. The zero-order valence-electron chi connectivity index (χ0n) is 8.02. The Morgan fingerprint density at radius 3 is 2.86 bits per heavy atom. The number of carbonyl (C=O) groups is 1. The monoisotopic (exact) mass is 196 g/mol. The third kappa shape index (κ3) is 1.82. The van der Waals surface area contributed by atoms with Crippen molar-refractivity contribution in [1.82, 2.24) is 4.98 Å². The van der Waals surface area contributed by atoms with Crippen LogP contribution in [-0.2, 0) is 4.74 Å². The van der Waals surface area contributed by atoms with E-state index in [1.807, 2.05) is 0 Å². The molecule has 0 amide bonds. The highest BCUT2D eigenvalue weighted by Crippen LogP contribution is 2.23. The van der Waals surface area contributed by atoms with E-state index in [0.29, 0.717) is 5.56 Å².